The maximum atomic E-state index is 2.41. The van der Waals surface area contributed by atoms with Crippen LogP contribution in [0.3, 0.4) is 0 Å². The Bertz CT molecular complexity index is 819. The van der Waals surface area contributed by atoms with Crippen LogP contribution < -0.4 is 0 Å². The monoisotopic (exact) mass is 370 g/mol. The molecule has 146 valence electrons. The lowest BCUT2D eigenvalue weighted by Gasteiger charge is -2.24. The standard InChI is InChI=1S/C28H34/c1-22(20-27-17-11-10-12-23(27)2)18-19-28(26-15-8-5-9-16-26)21-24(3)25-13-6-4-7-14-25/h4-17,22,24,28H,18-21H2,1-3H3. The second kappa shape index (κ2) is 10.3. The predicted molar refractivity (Wildman–Crippen MR) is 122 cm³/mol. The Balaban J connectivity index is 1.65. The van der Waals surface area contributed by atoms with Gasteiger partial charge in [-0.25, -0.2) is 0 Å². The number of hydrogen-bond acceptors (Lipinski definition) is 0. The van der Waals surface area contributed by atoms with Crippen LogP contribution in [0.15, 0.2) is 84.9 Å². The fourth-order valence-corrected chi connectivity index (χ4v) is 4.29. The first kappa shape index (κ1) is 20.4. The molecule has 0 saturated heterocycles. The molecule has 0 bridgehead atoms. The van der Waals surface area contributed by atoms with E-state index in [0.29, 0.717) is 17.8 Å². The molecule has 0 aliphatic rings. The van der Waals surface area contributed by atoms with Gasteiger partial charge in [0.05, 0.1) is 0 Å². The predicted octanol–water partition coefficient (Wildman–Crippen LogP) is 7.93. The van der Waals surface area contributed by atoms with Crippen LogP contribution in [0.5, 0.6) is 0 Å². The highest BCUT2D eigenvalue weighted by molar-refractivity contribution is 5.26. The summed E-state index contributed by atoms with van der Waals surface area (Å²) in [6.07, 6.45) is 4.93. The van der Waals surface area contributed by atoms with E-state index in [-0.39, 0.29) is 0 Å². The van der Waals surface area contributed by atoms with Gasteiger partial charge >= 0.3 is 0 Å². The molecule has 0 aliphatic heterocycles. The van der Waals surface area contributed by atoms with E-state index in [1.807, 2.05) is 0 Å². The molecule has 3 rings (SSSR count). The lowest BCUT2D eigenvalue weighted by atomic mass is 9.81. The molecule has 0 radical (unpaired) electrons. The lowest BCUT2D eigenvalue weighted by molar-refractivity contribution is 0.439. The molecule has 3 aromatic carbocycles. The van der Waals surface area contributed by atoms with E-state index in [0.717, 1.165) is 0 Å². The highest BCUT2D eigenvalue weighted by Crippen LogP contribution is 2.34. The first-order valence-corrected chi connectivity index (χ1v) is 10.8. The SMILES string of the molecule is Cc1ccccc1CC(C)CCC(CC(C)c1ccccc1)c1ccccc1. The molecule has 0 spiro atoms. The van der Waals surface area contributed by atoms with Gasteiger partial charge in [-0.2, -0.15) is 0 Å². The largest absolute Gasteiger partial charge is 0.0622 e. The summed E-state index contributed by atoms with van der Waals surface area (Å²) >= 11 is 0. The Morgan fingerprint density at radius 2 is 1.21 bits per heavy atom. The smallest absolute Gasteiger partial charge is 0.0156 e. The Kier molecular flexibility index (Phi) is 7.48. The summed E-state index contributed by atoms with van der Waals surface area (Å²) in [5.74, 6) is 1.91. The van der Waals surface area contributed by atoms with Gasteiger partial charge in [-0.3, -0.25) is 0 Å². The van der Waals surface area contributed by atoms with Gasteiger partial charge in [0.2, 0.25) is 0 Å². The van der Waals surface area contributed by atoms with Crippen LogP contribution in [-0.4, -0.2) is 0 Å². The van der Waals surface area contributed by atoms with Crippen LogP contribution in [0, 0.1) is 12.8 Å². The topological polar surface area (TPSA) is 0 Å². The molecular weight excluding hydrogens is 336 g/mol. The first-order valence-electron chi connectivity index (χ1n) is 10.8. The number of benzene rings is 3. The Hall–Kier alpha value is -2.34. The van der Waals surface area contributed by atoms with E-state index in [2.05, 4.69) is 106 Å². The number of rotatable bonds is 9. The van der Waals surface area contributed by atoms with E-state index in [4.69, 9.17) is 0 Å². The van der Waals surface area contributed by atoms with Crippen molar-refractivity contribution in [1.82, 2.24) is 0 Å². The van der Waals surface area contributed by atoms with Crippen LogP contribution in [0.1, 0.15) is 67.2 Å². The number of aryl methyl sites for hydroxylation is 1. The van der Waals surface area contributed by atoms with Crippen LogP contribution in [0.4, 0.5) is 0 Å². The van der Waals surface area contributed by atoms with Crippen LogP contribution in [0.25, 0.3) is 0 Å². The molecule has 0 nitrogen and oxygen atoms in total. The van der Waals surface area contributed by atoms with Crippen LogP contribution in [0.2, 0.25) is 0 Å². The second-order valence-corrected chi connectivity index (χ2v) is 8.47. The molecule has 0 heterocycles. The number of hydrogen-bond donors (Lipinski definition) is 0. The van der Waals surface area contributed by atoms with Gasteiger partial charge in [-0.05, 0) is 72.6 Å². The van der Waals surface area contributed by atoms with E-state index >= 15 is 0 Å². The zero-order chi connectivity index (χ0) is 19.8. The summed E-state index contributed by atoms with van der Waals surface area (Å²) in [6, 6.07) is 30.9. The molecule has 0 N–H and O–H groups in total. The van der Waals surface area contributed by atoms with E-state index in [1.54, 1.807) is 0 Å². The third-order valence-corrected chi connectivity index (χ3v) is 6.12. The zero-order valence-electron chi connectivity index (χ0n) is 17.6. The molecule has 3 aromatic rings. The Morgan fingerprint density at radius 3 is 1.86 bits per heavy atom. The van der Waals surface area contributed by atoms with Gasteiger partial charge < -0.3 is 0 Å². The van der Waals surface area contributed by atoms with Crippen molar-refractivity contribution >= 4 is 0 Å². The maximum absolute atomic E-state index is 2.41. The van der Waals surface area contributed by atoms with Crippen molar-refractivity contribution in [1.29, 1.82) is 0 Å². The molecule has 3 atom stereocenters. The molecule has 3 unspecified atom stereocenters. The minimum absolute atomic E-state index is 0.582. The minimum atomic E-state index is 0.582. The summed E-state index contributed by atoms with van der Waals surface area (Å²) < 4.78 is 0. The molecular formula is C28H34. The Labute approximate surface area is 171 Å². The van der Waals surface area contributed by atoms with Crippen molar-refractivity contribution < 1.29 is 0 Å². The third kappa shape index (κ3) is 5.83. The van der Waals surface area contributed by atoms with Crippen molar-refractivity contribution in [2.24, 2.45) is 5.92 Å². The quantitative estimate of drug-likeness (QED) is 0.359. The fourth-order valence-electron chi connectivity index (χ4n) is 4.29. The summed E-state index contributed by atoms with van der Waals surface area (Å²) in [5.41, 5.74) is 5.88. The van der Waals surface area contributed by atoms with Crippen molar-refractivity contribution in [2.75, 3.05) is 0 Å². The van der Waals surface area contributed by atoms with E-state index in [9.17, 15) is 0 Å². The summed E-state index contributed by atoms with van der Waals surface area (Å²) in [6.45, 7) is 7.02. The Morgan fingerprint density at radius 1 is 0.643 bits per heavy atom. The van der Waals surface area contributed by atoms with Crippen molar-refractivity contribution in [3.8, 4) is 0 Å². The molecule has 28 heavy (non-hydrogen) atoms. The maximum Gasteiger partial charge on any atom is -0.0156 e. The second-order valence-electron chi connectivity index (χ2n) is 8.47. The summed E-state index contributed by atoms with van der Waals surface area (Å²) in [5, 5.41) is 0. The van der Waals surface area contributed by atoms with Gasteiger partial charge in [0.25, 0.3) is 0 Å². The highest BCUT2D eigenvalue weighted by atomic mass is 14.2. The average Bonchev–Trinajstić information content (AvgIpc) is 2.74. The van der Waals surface area contributed by atoms with E-state index in [1.165, 1.54) is 47.9 Å². The summed E-state index contributed by atoms with van der Waals surface area (Å²) in [7, 11) is 0. The fraction of sp³-hybridized carbons (Fsp3) is 0.357. The normalized spacial score (nSPS) is 14.4. The van der Waals surface area contributed by atoms with Gasteiger partial charge in [0.15, 0.2) is 0 Å². The lowest BCUT2D eigenvalue weighted by Crippen LogP contribution is -2.08. The first-order chi connectivity index (χ1) is 13.6. The van der Waals surface area contributed by atoms with Crippen molar-refractivity contribution in [2.45, 2.75) is 58.3 Å². The zero-order valence-corrected chi connectivity index (χ0v) is 17.6. The summed E-state index contributed by atoms with van der Waals surface area (Å²) in [4.78, 5) is 0. The van der Waals surface area contributed by atoms with Crippen molar-refractivity contribution in [3.05, 3.63) is 107 Å². The van der Waals surface area contributed by atoms with Crippen LogP contribution >= 0.6 is 0 Å². The van der Waals surface area contributed by atoms with Crippen LogP contribution in [-0.2, 0) is 6.42 Å². The highest BCUT2D eigenvalue weighted by Gasteiger charge is 2.18. The molecule has 0 fully saturated rings. The molecule has 0 aromatic heterocycles. The van der Waals surface area contributed by atoms with Crippen molar-refractivity contribution in [3.63, 3.8) is 0 Å². The van der Waals surface area contributed by atoms with E-state index < -0.39 is 0 Å². The van der Waals surface area contributed by atoms with Gasteiger partial charge in [0.1, 0.15) is 0 Å². The van der Waals surface area contributed by atoms with Gasteiger partial charge in [-0.1, -0.05) is 98.8 Å². The molecule has 0 heteroatoms. The molecule has 0 saturated carbocycles. The third-order valence-electron chi connectivity index (χ3n) is 6.12. The molecule has 0 aliphatic carbocycles. The minimum Gasteiger partial charge on any atom is -0.0622 e. The molecule has 0 amide bonds. The van der Waals surface area contributed by atoms with Gasteiger partial charge in [0, 0.05) is 0 Å². The average molecular weight is 371 g/mol. The van der Waals surface area contributed by atoms with Gasteiger partial charge in [-0.15, -0.1) is 0 Å².